The summed E-state index contributed by atoms with van der Waals surface area (Å²) in [5.41, 5.74) is 1.48. The van der Waals surface area contributed by atoms with Crippen LogP contribution in [0.25, 0.3) is 0 Å². The monoisotopic (exact) mass is 313 g/mol. The molecular formula is C18H20FN3O. The molecule has 0 N–H and O–H groups in total. The Morgan fingerprint density at radius 1 is 0.957 bits per heavy atom. The Hall–Kier alpha value is -2.56. The fourth-order valence-electron chi connectivity index (χ4n) is 2.82. The number of carbonyl (C=O) groups excluding carboxylic acids is 1. The van der Waals surface area contributed by atoms with Gasteiger partial charge in [-0.2, -0.15) is 0 Å². The molecule has 0 saturated carbocycles. The van der Waals surface area contributed by atoms with Gasteiger partial charge in [0.15, 0.2) is 0 Å². The van der Waals surface area contributed by atoms with E-state index in [0.29, 0.717) is 31.9 Å². The van der Waals surface area contributed by atoms with Gasteiger partial charge in [0.1, 0.15) is 5.82 Å². The minimum Gasteiger partial charge on any atom is -0.366 e. The van der Waals surface area contributed by atoms with E-state index in [1.165, 1.54) is 6.07 Å². The Balaban J connectivity index is 1.63. The predicted octanol–water partition coefficient (Wildman–Crippen LogP) is 3.20. The molecule has 4 nitrogen and oxygen atoms in total. The molecule has 0 aliphatic carbocycles. The Morgan fingerprint density at radius 2 is 1.57 bits per heavy atom. The van der Waals surface area contributed by atoms with Gasteiger partial charge < -0.3 is 9.80 Å². The van der Waals surface area contributed by atoms with E-state index in [-0.39, 0.29) is 11.8 Å². The Morgan fingerprint density at radius 3 is 2.22 bits per heavy atom. The van der Waals surface area contributed by atoms with Crippen LogP contribution in [-0.4, -0.2) is 44.2 Å². The van der Waals surface area contributed by atoms with Gasteiger partial charge in [0.2, 0.25) is 0 Å². The van der Waals surface area contributed by atoms with Crippen molar-refractivity contribution in [1.82, 2.24) is 4.90 Å². The zero-order chi connectivity index (χ0) is 16.2. The van der Waals surface area contributed by atoms with Crippen LogP contribution in [0.5, 0.6) is 0 Å². The van der Waals surface area contributed by atoms with Crippen molar-refractivity contribution in [2.75, 3.05) is 43.0 Å². The number of nitrogens with zero attached hydrogens (tertiary/aromatic N) is 3. The number of anilines is 2. The van der Waals surface area contributed by atoms with Crippen LogP contribution in [0.2, 0.25) is 0 Å². The topological polar surface area (TPSA) is 26.8 Å². The number of halogens is 1. The van der Waals surface area contributed by atoms with E-state index in [4.69, 9.17) is 0 Å². The van der Waals surface area contributed by atoms with Crippen molar-refractivity contribution in [3.63, 3.8) is 0 Å². The Labute approximate surface area is 135 Å². The Kier molecular flexibility index (Phi) is 4.46. The van der Waals surface area contributed by atoms with Crippen LogP contribution < -0.4 is 9.80 Å². The second-order valence-corrected chi connectivity index (χ2v) is 5.60. The summed E-state index contributed by atoms with van der Waals surface area (Å²) in [6.45, 7) is 2.44. The second-order valence-electron chi connectivity index (χ2n) is 5.60. The molecule has 120 valence electrons. The quantitative estimate of drug-likeness (QED) is 0.851. The maximum atomic E-state index is 13.8. The average molecular weight is 313 g/mol. The van der Waals surface area contributed by atoms with E-state index in [9.17, 15) is 9.18 Å². The second kappa shape index (κ2) is 6.69. The lowest BCUT2D eigenvalue weighted by atomic mass is 10.2. The molecule has 0 unspecified atom stereocenters. The normalized spacial score (nSPS) is 14.7. The molecule has 3 rings (SSSR count). The van der Waals surface area contributed by atoms with Gasteiger partial charge in [0, 0.05) is 38.9 Å². The lowest BCUT2D eigenvalue weighted by Gasteiger charge is -2.37. The third kappa shape index (κ3) is 3.28. The molecule has 1 saturated heterocycles. The summed E-state index contributed by atoms with van der Waals surface area (Å²) in [5, 5.41) is 0. The fourth-order valence-corrected chi connectivity index (χ4v) is 2.82. The molecule has 0 radical (unpaired) electrons. The first kappa shape index (κ1) is 15.3. The first-order chi connectivity index (χ1) is 11.2. The van der Waals surface area contributed by atoms with Crippen molar-refractivity contribution < 1.29 is 9.18 Å². The number of hydrogen-bond donors (Lipinski definition) is 0. The third-order valence-corrected chi connectivity index (χ3v) is 4.17. The number of benzene rings is 2. The van der Waals surface area contributed by atoms with Crippen LogP contribution in [0.15, 0.2) is 54.6 Å². The highest BCUT2D eigenvalue weighted by Crippen LogP contribution is 2.21. The highest BCUT2D eigenvalue weighted by atomic mass is 19.1. The first-order valence-electron chi connectivity index (χ1n) is 7.74. The van der Waals surface area contributed by atoms with Gasteiger partial charge in [-0.3, -0.25) is 4.90 Å². The molecule has 0 spiro atoms. The van der Waals surface area contributed by atoms with Crippen LogP contribution in [0.1, 0.15) is 0 Å². The SMILES string of the molecule is CN(C(=O)N1CCN(c2ccccc2F)CC1)c1ccccc1. The van der Waals surface area contributed by atoms with Crippen LogP contribution in [-0.2, 0) is 0 Å². The number of piperazine rings is 1. The van der Waals surface area contributed by atoms with Crippen LogP contribution in [0.4, 0.5) is 20.6 Å². The third-order valence-electron chi connectivity index (χ3n) is 4.17. The highest BCUT2D eigenvalue weighted by molar-refractivity contribution is 5.91. The summed E-state index contributed by atoms with van der Waals surface area (Å²) in [6.07, 6.45) is 0. The maximum absolute atomic E-state index is 13.8. The molecule has 1 aliphatic heterocycles. The van der Waals surface area contributed by atoms with Gasteiger partial charge in [0.25, 0.3) is 0 Å². The van der Waals surface area contributed by atoms with Gasteiger partial charge >= 0.3 is 6.03 Å². The predicted molar refractivity (Wildman–Crippen MR) is 90.4 cm³/mol. The molecule has 1 heterocycles. The van der Waals surface area contributed by atoms with Crippen molar-refractivity contribution in [3.05, 3.63) is 60.4 Å². The molecule has 1 fully saturated rings. The van der Waals surface area contributed by atoms with Crippen LogP contribution >= 0.6 is 0 Å². The largest absolute Gasteiger partial charge is 0.366 e. The smallest absolute Gasteiger partial charge is 0.324 e. The molecular weight excluding hydrogens is 293 g/mol. The van der Waals surface area contributed by atoms with Gasteiger partial charge in [-0.15, -0.1) is 0 Å². The molecule has 0 bridgehead atoms. The van der Waals surface area contributed by atoms with Crippen molar-refractivity contribution in [1.29, 1.82) is 0 Å². The van der Waals surface area contributed by atoms with Crippen molar-refractivity contribution in [2.24, 2.45) is 0 Å². The fraction of sp³-hybridized carbons (Fsp3) is 0.278. The summed E-state index contributed by atoms with van der Waals surface area (Å²) < 4.78 is 13.8. The van der Waals surface area contributed by atoms with E-state index in [0.717, 1.165) is 5.69 Å². The molecule has 2 aromatic carbocycles. The lowest BCUT2D eigenvalue weighted by molar-refractivity contribution is 0.202. The van der Waals surface area contributed by atoms with E-state index < -0.39 is 0 Å². The minimum absolute atomic E-state index is 0.0237. The van der Waals surface area contributed by atoms with E-state index in [1.54, 1.807) is 24.1 Å². The molecule has 23 heavy (non-hydrogen) atoms. The molecule has 0 aromatic heterocycles. The number of para-hydroxylation sites is 2. The van der Waals surface area contributed by atoms with Crippen LogP contribution in [0, 0.1) is 5.82 Å². The Bertz CT molecular complexity index is 669. The zero-order valence-corrected chi connectivity index (χ0v) is 13.2. The van der Waals surface area contributed by atoms with Crippen molar-refractivity contribution in [2.45, 2.75) is 0 Å². The number of hydrogen-bond acceptors (Lipinski definition) is 2. The van der Waals surface area contributed by atoms with E-state index in [2.05, 4.69) is 0 Å². The van der Waals surface area contributed by atoms with Crippen LogP contribution in [0.3, 0.4) is 0 Å². The summed E-state index contributed by atoms with van der Waals surface area (Å²) >= 11 is 0. The molecule has 2 aromatic rings. The van der Waals surface area contributed by atoms with Crippen molar-refractivity contribution in [3.8, 4) is 0 Å². The number of carbonyl (C=O) groups is 1. The van der Waals surface area contributed by atoms with Gasteiger partial charge in [-0.1, -0.05) is 30.3 Å². The molecule has 5 heteroatoms. The number of amides is 2. The molecule has 1 aliphatic rings. The standard InChI is InChI=1S/C18H20FN3O/c1-20(15-7-3-2-4-8-15)18(23)22-13-11-21(12-14-22)17-10-6-5-9-16(17)19/h2-10H,11-14H2,1H3. The zero-order valence-electron chi connectivity index (χ0n) is 13.2. The maximum Gasteiger partial charge on any atom is 0.324 e. The summed E-state index contributed by atoms with van der Waals surface area (Å²) in [4.78, 5) is 18.0. The number of urea groups is 1. The number of rotatable bonds is 2. The molecule has 2 amide bonds. The average Bonchev–Trinajstić information content (AvgIpc) is 2.62. The van der Waals surface area contributed by atoms with Gasteiger partial charge in [0.05, 0.1) is 5.69 Å². The summed E-state index contributed by atoms with van der Waals surface area (Å²) in [5.74, 6) is -0.214. The summed E-state index contributed by atoms with van der Waals surface area (Å²) in [6, 6.07) is 16.3. The van der Waals surface area contributed by atoms with Gasteiger partial charge in [-0.25, -0.2) is 9.18 Å². The summed E-state index contributed by atoms with van der Waals surface area (Å²) in [7, 11) is 1.78. The minimum atomic E-state index is -0.214. The van der Waals surface area contributed by atoms with Crippen molar-refractivity contribution >= 4 is 17.4 Å². The van der Waals surface area contributed by atoms with E-state index in [1.807, 2.05) is 46.2 Å². The highest BCUT2D eigenvalue weighted by Gasteiger charge is 2.25. The lowest BCUT2D eigenvalue weighted by Crippen LogP contribution is -2.52. The first-order valence-corrected chi connectivity index (χ1v) is 7.74. The molecule has 0 atom stereocenters. The van der Waals surface area contributed by atoms with Gasteiger partial charge in [-0.05, 0) is 24.3 Å². The van der Waals surface area contributed by atoms with E-state index >= 15 is 0 Å².